The van der Waals surface area contributed by atoms with Crippen molar-refractivity contribution in [2.24, 2.45) is 0 Å². The van der Waals surface area contributed by atoms with Gasteiger partial charge in [0.2, 0.25) is 0 Å². The van der Waals surface area contributed by atoms with Crippen molar-refractivity contribution in [2.45, 2.75) is 65.0 Å². The molecular formula is C18H24O8. The van der Waals surface area contributed by atoms with E-state index in [1.165, 1.54) is 26.8 Å². The number of hydrogen-bond acceptors (Lipinski definition) is 8. The summed E-state index contributed by atoms with van der Waals surface area (Å²) in [6, 6.07) is 0. The molecule has 0 aromatic carbocycles. The molecule has 26 heavy (non-hydrogen) atoms. The zero-order valence-electron chi connectivity index (χ0n) is 15.3. The number of cyclic esters (lactones) is 1. The van der Waals surface area contributed by atoms with Gasteiger partial charge in [0.1, 0.15) is 18.3 Å². The van der Waals surface area contributed by atoms with Crippen LogP contribution in [0.1, 0.15) is 40.5 Å². The van der Waals surface area contributed by atoms with Crippen molar-refractivity contribution in [3.8, 4) is 0 Å². The van der Waals surface area contributed by atoms with Gasteiger partial charge in [0.15, 0.2) is 6.10 Å². The van der Waals surface area contributed by atoms with Crippen LogP contribution < -0.4 is 0 Å². The third-order valence-electron chi connectivity index (χ3n) is 3.41. The maximum absolute atomic E-state index is 11.4. The van der Waals surface area contributed by atoms with Crippen molar-refractivity contribution in [3.05, 3.63) is 24.3 Å². The number of esters is 4. The summed E-state index contributed by atoms with van der Waals surface area (Å²) in [4.78, 5) is 45.3. The molecule has 0 aliphatic carbocycles. The highest BCUT2D eigenvalue weighted by Crippen LogP contribution is 2.18. The second-order valence-corrected chi connectivity index (χ2v) is 5.81. The van der Waals surface area contributed by atoms with Gasteiger partial charge in [0, 0.05) is 39.7 Å². The lowest BCUT2D eigenvalue weighted by Crippen LogP contribution is -2.43. The fourth-order valence-corrected chi connectivity index (χ4v) is 2.47. The van der Waals surface area contributed by atoms with Gasteiger partial charge in [-0.15, -0.1) is 0 Å². The van der Waals surface area contributed by atoms with E-state index in [-0.39, 0.29) is 6.42 Å². The SMILES string of the molecule is CC(=O)O[C@@H]([C@H](C)OC(C)=O)[C@@H](C/C=C/[C@H]1CC=CC(=O)O1)OC(C)=O. The molecule has 0 aromatic rings. The maximum atomic E-state index is 11.4. The Hall–Kier alpha value is -2.64. The summed E-state index contributed by atoms with van der Waals surface area (Å²) in [6.07, 6.45) is 4.04. The summed E-state index contributed by atoms with van der Waals surface area (Å²) in [5.41, 5.74) is 0. The lowest BCUT2D eigenvalue weighted by atomic mass is 10.0. The molecule has 0 unspecified atom stereocenters. The van der Waals surface area contributed by atoms with Gasteiger partial charge >= 0.3 is 23.9 Å². The minimum atomic E-state index is -0.973. The topological polar surface area (TPSA) is 105 Å². The number of hydrogen-bond donors (Lipinski definition) is 0. The summed E-state index contributed by atoms with van der Waals surface area (Å²) in [6.45, 7) is 5.21. The molecule has 4 atom stereocenters. The molecule has 1 rings (SSSR count). The highest BCUT2D eigenvalue weighted by Gasteiger charge is 2.33. The smallest absolute Gasteiger partial charge is 0.331 e. The molecule has 0 saturated carbocycles. The first-order valence-electron chi connectivity index (χ1n) is 8.24. The minimum Gasteiger partial charge on any atom is -0.459 e. The zero-order chi connectivity index (χ0) is 19.7. The first kappa shape index (κ1) is 21.4. The molecule has 0 N–H and O–H groups in total. The number of carbonyl (C=O) groups is 4. The van der Waals surface area contributed by atoms with Gasteiger partial charge in [0.25, 0.3) is 0 Å². The van der Waals surface area contributed by atoms with E-state index in [0.29, 0.717) is 6.42 Å². The molecule has 0 amide bonds. The molecule has 1 aliphatic heterocycles. The van der Waals surface area contributed by atoms with Gasteiger partial charge < -0.3 is 18.9 Å². The second kappa shape index (κ2) is 10.4. The average molecular weight is 368 g/mol. The first-order valence-corrected chi connectivity index (χ1v) is 8.24. The lowest BCUT2D eigenvalue weighted by Gasteiger charge is -2.29. The van der Waals surface area contributed by atoms with Gasteiger partial charge in [-0.2, -0.15) is 0 Å². The van der Waals surface area contributed by atoms with Crippen molar-refractivity contribution in [2.75, 3.05) is 0 Å². The van der Waals surface area contributed by atoms with Crippen molar-refractivity contribution in [1.82, 2.24) is 0 Å². The first-order chi connectivity index (χ1) is 12.2. The molecular weight excluding hydrogens is 344 g/mol. The summed E-state index contributed by atoms with van der Waals surface area (Å²) in [7, 11) is 0. The van der Waals surface area contributed by atoms with Crippen molar-refractivity contribution in [3.63, 3.8) is 0 Å². The minimum absolute atomic E-state index is 0.181. The highest BCUT2D eigenvalue weighted by molar-refractivity contribution is 5.82. The van der Waals surface area contributed by atoms with E-state index in [9.17, 15) is 19.2 Å². The largest absolute Gasteiger partial charge is 0.459 e. The Balaban J connectivity index is 2.86. The number of carbonyl (C=O) groups excluding carboxylic acids is 4. The normalized spacial score (nSPS) is 20.0. The molecule has 0 aromatic heterocycles. The van der Waals surface area contributed by atoms with Crippen LogP contribution >= 0.6 is 0 Å². The van der Waals surface area contributed by atoms with Crippen LogP contribution in [0.2, 0.25) is 0 Å². The summed E-state index contributed by atoms with van der Waals surface area (Å²) in [5, 5.41) is 0. The van der Waals surface area contributed by atoms with Gasteiger partial charge in [-0.05, 0) is 13.0 Å². The number of ether oxygens (including phenoxy) is 4. The standard InChI is InChI=1S/C18H24O8/c1-11(23-12(2)19)18(25-14(4)21)16(24-13(3)20)9-5-7-15-8-6-10-17(22)26-15/h5-7,10-11,15-16,18H,8-9H2,1-4H3/b7-5+/t11-,15-,16+,18-/m0/s1. The Morgan fingerprint density at radius 3 is 2.31 bits per heavy atom. The quantitative estimate of drug-likeness (QED) is 0.361. The Morgan fingerprint density at radius 1 is 1.15 bits per heavy atom. The molecule has 8 nitrogen and oxygen atoms in total. The molecule has 0 radical (unpaired) electrons. The van der Waals surface area contributed by atoms with E-state index in [0.717, 1.165) is 0 Å². The molecule has 144 valence electrons. The van der Waals surface area contributed by atoms with Gasteiger partial charge in [-0.3, -0.25) is 14.4 Å². The monoisotopic (exact) mass is 368 g/mol. The maximum Gasteiger partial charge on any atom is 0.331 e. The zero-order valence-corrected chi connectivity index (χ0v) is 15.3. The molecule has 0 spiro atoms. The highest BCUT2D eigenvalue weighted by atomic mass is 16.6. The van der Waals surface area contributed by atoms with Crippen LogP contribution in [0.25, 0.3) is 0 Å². The van der Waals surface area contributed by atoms with E-state index < -0.39 is 48.3 Å². The van der Waals surface area contributed by atoms with Crippen LogP contribution in [-0.2, 0) is 38.1 Å². The third-order valence-corrected chi connectivity index (χ3v) is 3.41. The molecule has 0 bridgehead atoms. The third kappa shape index (κ3) is 7.96. The van der Waals surface area contributed by atoms with E-state index in [4.69, 9.17) is 18.9 Å². The van der Waals surface area contributed by atoms with Gasteiger partial charge in [-0.1, -0.05) is 12.2 Å². The van der Waals surface area contributed by atoms with Crippen LogP contribution in [0.15, 0.2) is 24.3 Å². The van der Waals surface area contributed by atoms with Crippen LogP contribution in [0.4, 0.5) is 0 Å². The van der Waals surface area contributed by atoms with E-state index in [1.807, 2.05) is 0 Å². The van der Waals surface area contributed by atoms with Crippen LogP contribution in [0.5, 0.6) is 0 Å². The van der Waals surface area contributed by atoms with Crippen LogP contribution in [-0.4, -0.2) is 48.3 Å². The van der Waals surface area contributed by atoms with Gasteiger partial charge in [-0.25, -0.2) is 4.79 Å². The van der Waals surface area contributed by atoms with Crippen molar-refractivity contribution >= 4 is 23.9 Å². The Bertz CT molecular complexity index is 592. The Morgan fingerprint density at radius 2 is 1.77 bits per heavy atom. The predicted octanol–water partition coefficient (Wildman–Crippen LogP) is 1.62. The second-order valence-electron chi connectivity index (χ2n) is 5.81. The molecule has 8 heteroatoms. The van der Waals surface area contributed by atoms with Crippen LogP contribution in [0, 0.1) is 0 Å². The molecule has 0 saturated heterocycles. The summed E-state index contributed by atoms with van der Waals surface area (Å²) < 4.78 is 20.6. The fraction of sp³-hybridized carbons (Fsp3) is 0.556. The summed E-state index contributed by atoms with van der Waals surface area (Å²) >= 11 is 0. The fourth-order valence-electron chi connectivity index (χ4n) is 2.47. The van der Waals surface area contributed by atoms with E-state index >= 15 is 0 Å². The van der Waals surface area contributed by atoms with Gasteiger partial charge in [0.05, 0.1) is 0 Å². The number of rotatable bonds is 8. The van der Waals surface area contributed by atoms with Crippen molar-refractivity contribution < 1.29 is 38.1 Å². The Kier molecular flexibility index (Phi) is 8.54. The lowest BCUT2D eigenvalue weighted by molar-refractivity contribution is -0.181. The Labute approximate surface area is 152 Å². The molecule has 0 fully saturated rings. The average Bonchev–Trinajstić information content (AvgIpc) is 2.50. The van der Waals surface area contributed by atoms with E-state index in [1.54, 1.807) is 25.2 Å². The van der Waals surface area contributed by atoms with E-state index in [2.05, 4.69) is 0 Å². The summed E-state index contributed by atoms with van der Waals surface area (Å²) in [5.74, 6) is -2.14. The van der Waals surface area contributed by atoms with Crippen LogP contribution in [0.3, 0.4) is 0 Å². The molecule has 1 heterocycles. The predicted molar refractivity (Wildman–Crippen MR) is 89.7 cm³/mol. The van der Waals surface area contributed by atoms with Crippen molar-refractivity contribution in [1.29, 1.82) is 0 Å². The molecule has 1 aliphatic rings.